The van der Waals surface area contributed by atoms with Crippen LogP contribution in [0.5, 0.6) is 0 Å². The van der Waals surface area contributed by atoms with Crippen LogP contribution in [0.2, 0.25) is 0 Å². The molecule has 18 heavy (non-hydrogen) atoms. The Balaban J connectivity index is 2.06. The van der Waals surface area contributed by atoms with Crippen molar-refractivity contribution >= 4 is 0 Å². The molecule has 0 saturated carbocycles. The van der Waals surface area contributed by atoms with Crippen LogP contribution >= 0.6 is 0 Å². The smallest absolute Gasteiger partial charge is 0.176 e. The van der Waals surface area contributed by atoms with Crippen LogP contribution in [0.4, 0.5) is 0 Å². The van der Waals surface area contributed by atoms with Gasteiger partial charge >= 0.3 is 0 Å². The lowest BCUT2D eigenvalue weighted by Crippen LogP contribution is -2.57. The minimum absolute atomic E-state index is 0.0374. The molecule has 0 radical (unpaired) electrons. The van der Waals surface area contributed by atoms with Crippen LogP contribution in [0, 0.1) is 0 Å². The van der Waals surface area contributed by atoms with E-state index in [9.17, 15) is 0 Å². The van der Waals surface area contributed by atoms with Crippen molar-refractivity contribution in [2.24, 2.45) is 12.8 Å². The Labute approximate surface area is 109 Å². The maximum absolute atomic E-state index is 6.43. The monoisotopic (exact) mass is 252 g/mol. The van der Waals surface area contributed by atoms with Crippen LogP contribution in [0.15, 0.2) is 0 Å². The second-order valence-corrected chi connectivity index (χ2v) is 5.41. The number of hydrogen-bond donors (Lipinski definition) is 1. The highest BCUT2D eigenvalue weighted by atomic mass is 15.6. The topological polar surface area (TPSA) is 72.9 Å². The molecule has 2 unspecified atom stereocenters. The van der Waals surface area contributed by atoms with E-state index in [1.807, 2.05) is 0 Å². The lowest BCUT2D eigenvalue weighted by atomic mass is 9.86. The molecule has 1 saturated heterocycles. The molecule has 1 aliphatic rings. The summed E-state index contributed by atoms with van der Waals surface area (Å²) in [7, 11) is 1.78. The second-order valence-electron chi connectivity index (χ2n) is 5.41. The summed E-state index contributed by atoms with van der Waals surface area (Å²) < 4.78 is 0. The number of hydrogen-bond acceptors (Lipinski definition) is 5. The predicted molar refractivity (Wildman–Crippen MR) is 70.0 cm³/mol. The zero-order valence-corrected chi connectivity index (χ0v) is 11.6. The average Bonchev–Trinajstić information content (AvgIpc) is 2.99. The number of rotatable bonds is 5. The standard InChI is InChI=1S/C12H24N6/c1-4-12(2,18-7-5-6-8-18)10(13)9-11-14-16-17(3)15-11/h10H,4-9,13H2,1-3H3. The van der Waals surface area contributed by atoms with E-state index in [0.29, 0.717) is 6.42 Å². The maximum Gasteiger partial charge on any atom is 0.176 e. The highest BCUT2D eigenvalue weighted by Gasteiger charge is 2.37. The van der Waals surface area contributed by atoms with Crippen LogP contribution < -0.4 is 5.73 Å². The highest BCUT2D eigenvalue weighted by molar-refractivity contribution is 5.00. The van der Waals surface area contributed by atoms with Gasteiger partial charge in [-0.1, -0.05) is 6.92 Å². The fourth-order valence-corrected chi connectivity index (χ4v) is 2.77. The Kier molecular flexibility index (Phi) is 3.97. The molecule has 6 nitrogen and oxygen atoms in total. The molecule has 0 amide bonds. The predicted octanol–water partition coefficient (Wildman–Crippen LogP) is 0.344. The van der Waals surface area contributed by atoms with Gasteiger partial charge in [0.15, 0.2) is 5.82 Å². The van der Waals surface area contributed by atoms with Gasteiger partial charge in [-0.15, -0.1) is 10.2 Å². The first-order chi connectivity index (χ1) is 8.56. The molecule has 102 valence electrons. The van der Waals surface area contributed by atoms with Crippen molar-refractivity contribution in [2.45, 2.75) is 51.1 Å². The maximum atomic E-state index is 6.43. The zero-order chi connectivity index (χ0) is 13.2. The van der Waals surface area contributed by atoms with Crippen molar-refractivity contribution in [1.82, 2.24) is 25.1 Å². The molecule has 6 heteroatoms. The summed E-state index contributed by atoms with van der Waals surface area (Å²) in [5, 5.41) is 12.1. The summed E-state index contributed by atoms with van der Waals surface area (Å²) >= 11 is 0. The molecule has 2 atom stereocenters. The van der Waals surface area contributed by atoms with Gasteiger partial charge in [-0.2, -0.15) is 4.80 Å². The van der Waals surface area contributed by atoms with Crippen molar-refractivity contribution in [3.05, 3.63) is 5.82 Å². The number of aryl methyl sites for hydroxylation is 1. The van der Waals surface area contributed by atoms with E-state index >= 15 is 0 Å². The highest BCUT2D eigenvalue weighted by Crippen LogP contribution is 2.28. The van der Waals surface area contributed by atoms with Gasteiger partial charge in [-0.3, -0.25) is 4.90 Å². The zero-order valence-electron chi connectivity index (χ0n) is 11.6. The van der Waals surface area contributed by atoms with Crippen LogP contribution in [0.3, 0.4) is 0 Å². The molecule has 1 aliphatic heterocycles. The summed E-state index contributed by atoms with van der Waals surface area (Å²) in [6.07, 6.45) is 4.31. The largest absolute Gasteiger partial charge is 0.326 e. The lowest BCUT2D eigenvalue weighted by molar-refractivity contribution is 0.0991. The summed E-state index contributed by atoms with van der Waals surface area (Å²) in [6, 6.07) is 0.0461. The van der Waals surface area contributed by atoms with E-state index in [1.165, 1.54) is 17.6 Å². The van der Waals surface area contributed by atoms with Crippen molar-refractivity contribution in [3.8, 4) is 0 Å². The van der Waals surface area contributed by atoms with Gasteiger partial charge < -0.3 is 5.73 Å². The van der Waals surface area contributed by atoms with Crippen molar-refractivity contribution in [1.29, 1.82) is 0 Å². The first-order valence-corrected chi connectivity index (χ1v) is 6.79. The third-order valence-corrected chi connectivity index (χ3v) is 4.30. The van der Waals surface area contributed by atoms with Gasteiger partial charge in [0, 0.05) is 18.0 Å². The van der Waals surface area contributed by atoms with E-state index < -0.39 is 0 Å². The van der Waals surface area contributed by atoms with Gasteiger partial charge in [0.05, 0.1) is 7.05 Å². The molecule has 1 aromatic heterocycles. The van der Waals surface area contributed by atoms with Crippen molar-refractivity contribution in [3.63, 3.8) is 0 Å². The van der Waals surface area contributed by atoms with Gasteiger partial charge in [0.1, 0.15) is 0 Å². The molecule has 0 aliphatic carbocycles. The molecule has 0 aromatic carbocycles. The third-order valence-electron chi connectivity index (χ3n) is 4.30. The Bertz CT molecular complexity index is 384. The number of tetrazole rings is 1. The Morgan fingerprint density at radius 2 is 2.06 bits per heavy atom. The second kappa shape index (κ2) is 5.32. The average molecular weight is 252 g/mol. The van der Waals surface area contributed by atoms with Gasteiger partial charge in [-0.05, 0) is 44.5 Å². The molecule has 0 bridgehead atoms. The molecule has 2 heterocycles. The molecular formula is C12H24N6. The molecular weight excluding hydrogens is 228 g/mol. The summed E-state index contributed by atoms with van der Waals surface area (Å²) in [4.78, 5) is 4.01. The minimum atomic E-state index is 0.0374. The molecule has 2 rings (SSSR count). The summed E-state index contributed by atoms with van der Waals surface area (Å²) in [6.45, 7) is 6.79. The summed E-state index contributed by atoms with van der Waals surface area (Å²) in [5.41, 5.74) is 6.46. The molecule has 1 aromatic rings. The first-order valence-electron chi connectivity index (χ1n) is 6.79. The van der Waals surface area contributed by atoms with Crippen LogP contribution in [0.1, 0.15) is 38.9 Å². The van der Waals surface area contributed by atoms with E-state index in [0.717, 1.165) is 25.3 Å². The number of likely N-dealkylation sites (tertiary alicyclic amines) is 1. The quantitative estimate of drug-likeness (QED) is 0.818. The lowest BCUT2D eigenvalue weighted by Gasteiger charge is -2.42. The fourth-order valence-electron chi connectivity index (χ4n) is 2.77. The van der Waals surface area contributed by atoms with Gasteiger partial charge in [0.25, 0.3) is 0 Å². The van der Waals surface area contributed by atoms with Crippen LogP contribution in [-0.4, -0.2) is 49.8 Å². The first kappa shape index (κ1) is 13.4. The third kappa shape index (κ3) is 2.54. The Hall–Kier alpha value is -1.01. The molecule has 0 spiro atoms. The van der Waals surface area contributed by atoms with Crippen molar-refractivity contribution in [2.75, 3.05) is 13.1 Å². The normalized spacial score (nSPS) is 22.0. The fraction of sp³-hybridized carbons (Fsp3) is 0.917. The Morgan fingerprint density at radius 3 is 2.56 bits per heavy atom. The number of nitrogens with zero attached hydrogens (tertiary/aromatic N) is 5. The van der Waals surface area contributed by atoms with E-state index in [4.69, 9.17) is 5.73 Å². The minimum Gasteiger partial charge on any atom is -0.326 e. The molecule has 1 fully saturated rings. The van der Waals surface area contributed by atoms with Crippen molar-refractivity contribution < 1.29 is 0 Å². The van der Waals surface area contributed by atoms with Gasteiger partial charge in [0.2, 0.25) is 0 Å². The summed E-state index contributed by atoms with van der Waals surface area (Å²) in [5.74, 6) is 0.740. The van der Waals surface area contributed by atoms with Crippen LogP contribution in [0.25, 0.3) is 0 Å². The van der Waals surface area contributed by atoms with E-state index in [-0.39, 0.29) is 11.6 Å². The number of nitrogens with two attached hydrogens (primary N) is 1. The van der Waals surface area contributed by atoms with E-state index in [2.05, 4.69) is 34.2 Å². The van der Waals surface area contributed by atoms with Gasteiger partial charge in [-0.25, -0.2) is 0 Å². The number of aromatic nitrogens is 4. The molecule has 2 N–H and O–H groups in total. The van der Waals surface area contributed by atoms with E-state index in [1.54, 1.807) is 7.05 Å². The van der Waals surface area contributed by atoms with Crippen LogP contribution in [-0.2, 0) is 13.5 Å². The SMILES string of the molecule is CCC(C)(C(N)Cc1nnn(C)n1)N1CCCC1. The Morgan fingerprint density at radius 1 is 1.39 bits per heavy atom.